The van der Waals surface area contributed by atoms with Crippen LogP contribution in [-0.4, -0.2) is 27.6 Å². The zero-order chi connectivity index (χ0) is 24.4. The highest BCUT2D eigenvalue weighted by Gasteiger charge is 2.17. The van der Waals surface area contributed by atoms with Crippen molar-refractivity contribution in [1.29, 1.82) is 0 Å². The summed E-state index contributed by atoms with van der Waals surface area (Å²) >= 11 is 0. The summed E-state index contributed by atoms with van der Waals surface area (Å²) in [7, 11) is 1.61. The van der Waals surface area contributed by atoms with Crippen molar-refractivity contribution in [3.8, 4) is 22.6 Å². The van der Waals surface area contributed by atoms with Gasteiger partial charge in [0.25, 0.3) is 0 Å². The molecule has 174 valence electrons. The number of rotatable bonds is 6. The van der Waals surface area contributed by atoms with Crippen LogP contribution in [-0.2, 0) is 11.2 Å². The number of aromatic nitrogens is 3. The maximum absolute atomic E-state index is 13.8. The Balaban J connectivity index is 1.56. The van der Waals surface area contributed by atoms with E-state index in [1.807, 2.05) is 59.2 Å². The summed E-state index contributed by atoms with van der Waals surface area (Å²) in [6, 6.07) is 22.0. The second kappa shape index (κ2) is 9.38. The van der Waals surface area contributed by atoms with Gasteiger partial charge in [0.2, 0.25) is 11.9 Å². The van der Waals surface area contributed by atoms with Crippen molar-refractivity contribution < 1.29 is 13.9 Å². The van der Waals surface area contributed by atoms with Crippen molar-refractivity contribution in [1.82, 2.24) is 14.5 Å². The van der Waals surface area contributed by atoms with Crippen LogP contribution in [0.1, 0.15) is 11.1 Å². The molecular formula is C28H23FN4O2. The van der Waals surface area contributed by atoms with Gasteiger partial charge in [0, 0.05) is 18.1 Å². The smallest absolute Gasteiger partial charge is 0.231 e. The maximum Gasteiger partial charge on any atom is 0.231 e. The molecule has 2 aromatic heterocycles. The number of anilines is 1. The molecule has 0 aliphatic rings. The molecule has 5 aromatic rings. The van der Waals surface area contributed by atoms with Crippen molar-refractivity contribution in [2.75, 3.05) is 12.4 Å². The van der Waals surface area contributed by atoms with Crippen LogP contribution in [0, 0.1) is 12.7 Å². The van der Waals surface area contributed by atoms with Gasteiger partial charge in [-0.05, 0) is 89.8 Å². The number of pyridine rings is 1. The topological polar surface area (TPSA) is 69.0 Å². The number of nitrogens with one attached hydrogen (secondary N) is 1. The van der Waals surface area contributed by atoms with Crippen LogP contribution in [0.15, 0.2) is 85.2 Å². The van der Waals surface area contributed by atoms with E-state index >= 15 is 0 Å². The molecule has 3 aromatic carbocycles. The van der Waals surface area contributed by atoms with Crippen LogP contribution >= 0.6 is 0 Å². The molecule has 0 aliphatic heterocycles. The standard InChI is InChI=1S/C28H23FN4O2/c1-18-13-19(15-22(29)14-18)16-27(34)32-28-31-25-8-3-21(20-9-11-30-12-10-20)17-26(25)33(28)23-4-6-24(35-2)7-5-23/h3-15,17H,16H2,1-2H3,(H,31,32,34). The SMILES string of the molecule is COc1ccc(-n2c(NC(=O)Cc3cc(C)cc(F)c3)nc3ccc(-c4ccncc4)cc32)cc1. The van der Waals surface area contributed by atoms with E-state index in [4.69, 9.17) is 9.72 Å². The van der Waals surface area contributed by atoms with Crippen LogP contribution in [0.4, 0.5) is 10.3 Å². The minimum atomic E-state index is -0.359. The Bertz CT molecular complexity index is 1490. The summed E-state index contributed by atoms with van der Waals surface area (Å²) in [5.74, 6) is 0.467. The lowest BCUT2D eigenvalue weighted by atomic mass is 10.1. The van der Waals surface area contributed by atoms with Gasteiger partial charge in [-0.2, -0.15) is 0 Å². The van der Waals surface area contributed by atoms with Crippen LogP contribution in [0.5, 0.6) is 5.75 Å². The summed E-state index contributed by atoms with van der Waals surface area (Å²) in [5, 5.41) is 2.92. The highest BCUT2D eigenvalue weighted by atomic mass is 19.1. The summed E-state index contributed by atoms with van der Waals surface area (Å²) < 4.78 is 21.0. The molecule has 0 spiro atoms. The number of methoxy groups -OCH3 is 1. The number of ether oxygens (including phenoxy) is 1. The van der Waals surface area contributed by atoms with Gasteiger partial charge in [0.05, 0.1) is 24.6 Å². The minimum Gasteiger partial charge on any atom is -0.497 e. The van der Waals surface area contributed by atoms with Crippen molar-refractivity contribution in [2.45, 2.75) is 13.3 Å². The number of carbonyl (C=O) groups excluding carboxylic acids is 1. The summed E-state index contributed by atoms with van der Waals surface area (Å²) in [4.78, 5) is 21.7. The fourth-order valence-electron chi connectivity index (χ4n) is 4.14. The summed E-state index contributed by atoms with van der Waals surface area (Å²) in [6.45, 7) is 1.80. The first kappa shape index (κ1) is 22.3. The predicted octanol–water partition coefficient (Wildman–Crippen LogP) is 5.72. The molecule has 0 unspecified atom stereocenters. The first-order chi connectivity index (χ1) is 17.0. The third-order valence-corrected chi connectivity index (χ3v) is 5.72. The van der Waals surface area contributed by atoms with Crippen LogP contribution in [0.3, 0.4) is 0 Å². The molecule has 2 heterocycles. The normalized spacial score (nSPS) is 10.9. The van der Waals surface area contributed by atoms with Crippen LogP contribution in [0.25, 0.3) is 27.8 Å². The summed E-state index contributed by atoms with van der Waals surface area (Å²) in [6.07, 6.45) is 3.53. The van der Waals surface area contributed by atoms with Crippen molar-refractivity contribution in [2.24, 2.45) is 0 Å². The van der Waals surface area contributed by atoms with E-state index in [9.17, 15) is 9.18 Å². The zero-order valence-electron chi connectivity index (χ0n) is 19.3. The van der Waals surface area contributed by atoms with E-state index in [0.29, 0.717) is 11.5 Å². The molecule has 35 heavy (non-hydrogen) atoms. The molecule has 7 heteroatoms. The van der Waals surface area contributed by atoms with E-state index < -0.39 is 0 Å². The number of amides is 1. The Kier molecular flexibility index (Phi) is 5.97. The number of carbonyl (C=O) groups is 1. The lowest BCUT2D eigenvalue weighted by Gasteiger charge is -2.12. The molecule has 1 N–H and O–H groups in total. The van der Waals surface area contributed by atoms with Crippen molar-refractivity contribution in [3.05, 3.63) is 102 Å². The largest absolute Gasteiger partial charge is 0.497 e. The van der Waals surface area contributed by atoms with E-state index in [0.717, 1.165) is 39.2 Å². The average Bonchev–Trinajstić information content (AvgIpc) is 3.20. The lowest BCUT2D eigenvalue weighted by Crippen LogP contribution is -2.17. The fraction of sp³-hybridized carbons (Fsp3) is 0.107. The van der Waals surface area contributed by atoms with E-state index in [1.54, 1.807) is 32.5 Å². The molecular weight excluding hydrogens is 443 g/mol. The highest BCUT2D eigenvalue weighted by Crippen LogP contribution is 2.30. The Morgan fingerprint density at radius 1 is 0.971 bits per heavy atom. The lowest BCUT2D eigenvalue weighted by molar-refractivity contribution is -0.115. The van der Waals surface area contributed by atoms with Gasteiger partial charge in [0.15, 0.2) is 0 Å². The summed E-state index contributed by atoms with van der Waals surface area (Å²) in [5.41, 5.74) is 5.78. The Hall–Kier alpha value is -4.52. The second-order valence-electron chi connectivity index (χ2n) is 8.27. The maximum atomic E-state index is 13.8. The second-order valence-corrected chi connectivity index (χ2v) is 8.27. The van der Waals surface area contributed by atoms with Gasteiger partial charge < -0.3 is 4.74 Å². The van der Waals surface area contributed by atoms with Gasteiger partial charge >= 0.3 is 0 Å². The third kappa shape index (κ3) is 4.75. The third-order valence-electron chi connectivity index (χ3n) is 5.72. The molecule has 5 rings (SSSR count). The number of halogens is 1. The van der Waals surface area contributed by atoms with Gasteiger partial charge in [-0.3, -0.25) is 19.7 Å². The number of hydrogen-bond donors (Lipinski definition) is 1. The molecule has 0 bridgehead atoms. The molecule has 6 nitrogen and oxygen atoms in total. The number of nitrogens with zero attached hydrogens (tertiary/aromatic N) is 3. The number of imidazole rings is 1. The molecule has 0 saturated carbocycles. The number of hydrogen-bond acceptors (Lipinski definition) is 4. The average molecular weight is 467 g/mol. The van der Waals surface area contributed by atoms with Crippen molar-refractivity contribution in [3.63, 3.8) is 0 Å². The van der Waals surface area contributed by atoms with E-state index in [2.05, 4.69) is 10.3 Å². The molecule has 0 saturated heterocycles. The Morgan fingerprint density at radius 3 is 2.46 bits per heavy atom. The van der Waals surface area contributed by atoms with E-state index in [1.165, 1.54) is 12.1 Å². The first-order valence-electron chi connectivity index (χ1n) is 11.1. The number of fused-ring (bicyclic) bond motifs is 1. The van der Waals surface area contributed by atoms with Gasteiger partial charge in [-0.25, -0.2) is 9.37 Å². The van der Waals surface area contributed by atoms with Gasteiger partial charge in [0.1, 0.15) is 11.6 Å². The quantitative estimate of drug-likeness (QED) is 0.347. The van der Waals surface area contributed by atoms with Crippen LogP contribution in [0.2, 0.25) is 0 Å². The Labute approximate surface area is 202 Å². The van der Waals surface area contributed by atoms with Gasteiger partial charge in [-0.15, -0.1) is 0 Å². The zero-order valence-corrected chi connectivity index (χ0v) is 19.3. The van der Waals surface area contributed by atoms with E-state index in [-0.39, 0.29) is 18.1 Å². The monoisotopic (exact) mass is 466 g/mol. The molecule has 1 amide bonds. The van der Waals surface area contributed by atoms with Gasteiger partial charge in [-0.1, -0.05) is 12.1 Å². The molecule has 0 fully saturated rings. The minimum absolute atomic E-state index is 0.0344. The first-order valence-corrected chi connectivity index (χ1v) is 11.1. The number of benzene rings is 3. The van der Waals surface area contributed by atoms with Crippen LogP contribution < -0.4 is 10.1 Å². The molecule has 0 atom stereocenters. The predicted molar refractivity (Wildman–Crippen MR) is 134 cm³/mol. The molecule has 0 aliphatic carbocycles. The van der Waals surface area contributed by atoms with Crippen molar-refractivity contribution >= 4 is 22.9 Å². The fourth-order valence-corrected chi connectivity index (χ4v) is 4.14. The molecule has 0 radical (unpaired) electrons. The Morgan fingerprint density at radius 2 is 1.74 bits per heavy atom. The number of aryl methyl sites for hydroxylation is 1. The highest BCUT2D eigenvalue weighted by molar-refractivity contribution is 5.94.